The molecule has 1 N–H and O–H groups in total. The smallest absolute Gasteiger partial charge is 0.306 e. The van der Waals surface area contributed by atoms with E-state index in [0.717, 1.165) is 0 Å². The normalized spacial score (nSPS) is 31.3. The first-order valence-corrected chi connectivity index (χ1v) is 9.03. The van der Waals surface area contributed by atoms with Crippen molar-refractivity contribution in [1.29, 1.82) is 0 Å². The quantitative estimate of drug-likeness (QED) is 0.789. The van der Waals surface area contributed by atoms with Gasteiger partial charge in [-0.1, -0.05) is 0 Å². The van der Waals surface area contributed by atoms with Gasteiger partial charge in [0.1, 0.15) is 0 Å². The van der Waals surface area contributed by atoms with Gasteiger partial charge < -0.3 is 10.0 Å². The third kappa shape index (κ3) is 3.55. The molecule has 1 aliphatic heterocycles. The summed E-state index contributed by atoms with van der Waals surface area (Å²) in [6.07, 6.45) is 2.73. The van der Waals surface area contributed by atoms with Gasteiger partial charge in [-0.25, -0.2) is 8.42 Å². The van der Waals surface area contributed by atoms with E-state index in [1.807, 2.05) is 0 Å². The van der Waals surface area contributed by atoms with E-state index in [1.165, 1.54) is 10.6 Å². The van der Waals surface area contributed by atoms with Crippen molar-refractivity contribution in [2.45, 2.75) is 32.2 Å². The minimum atomic E-state index is -3.25. The summed E-state index contributed by atoms with van der Waals surface area (Å²) < 4.78 is 24.6. The number of carboxylic acids is 1. The zero-order valence-electron chi connectivity index (χ0n) is 12.4. The fourth-order valence-corrected chi connectivity index (χ4v) is 4.46. The van der Waals surface area contributed by atoms with Gasteiger partial charge in [-0.3, -0.25) is 9.59 Å². The molecule has 0 aromatic carbocycles. The third-order valence-electron chi connectivity index (χ3n) is 4.44. The number of amides is 1. The maximum absolute atomic E-state index is 12.4. The molecule has 2 rings (SSSR count). The number of nitrogens with zero attached hydrogens (tertiary/aromatic N) is 2. The molecule has 120 valence electrons. The van der Waals surface area contributed by atoms with Gasteiger partial charge in [-0.2, -0.15) is 4.31 Å². The van der Waals surface area contributed by atoms with Gasteiger partial charge in [-0.05, 0) is 26.2 Å². The number of carbonyl (C=O) groups excluding carboxylic acids is 1. The molecule has 1 aliphatic carbocycles. The minimum absolute atomic E-state index is 0.0289. The monoisotopic (exact) mass is 318 g/mol. The fourth-order valence-electron chi connectivity index (χ4n) is 3.32. The van der Waals surface area contributed by atoms with Crippen LogP contribution in [0.15, 0.2) is 0 Å². The van der Waals surface area contributed by atoms with Crippen molar-refractivity contribution in [3.8, 4) is 0 Å². The molecule has 2 aliphatic rings. The standard InChI is InChI=1S/C13H22N2O5S/c1-9-8-14(5-6-15(9)21(2,19)20)12(16)10-3-4-11(7-10)13(17)18/h9-11H,3-8H2,1-2H3,(H,17,18)/t9-,10+,11-/m0/s1. The average molecular weight is 318 g/mol. The molecular weight excluding hydrogens is 296 g/mol. The van der Waals surface area contributed by atoms with Crippen LogP contribution < -0.4 is 0 Å². The lowest BCUT2D eigenvalue weighted by molar-refractivity contribution is -0.142. The van der Waals surface area contributed by atoms with Gasteiger partial charge in [0.25, 0.3) is 0 Å². The number of aliphatic carboxylic acids is 1. The molecule has 0 bridgehead atoms. The van der Waals surface area contributed by atoms with Crippen LogP contribution in [0.5, 0.6) is 0 Å². The number of hydrogen-bond donors (Lipinski definition) is 1. The molecule has 0 aromatic rings. The van der Waals surface area contributed by atoms with Crippen molar-refractivity contribution < 1.29 is 23.1 Å². The van der Waals surface area contributed by atoms with Crippen LogP contribution in [0.2, 0.25) is 0 Å². The molecule has 8 heteroatoms. The van der Waals surface area contributed by atoms with Crippen molar-refractivity contribution in [2.75, 3.05) is 25.9 Å². The summed E-state index contributed by atoms with van der Waals surface area (Å²) in [5, 5.41) is 8.99. The second-order valence-electron chi connectivity index (χ2n) is 6.05. The molecule has 1 saturated carbocycles. The van der Waals surface area contributed by atoms with E-state index in [2.05, 4.69) is 0 Å². The van der Waals surface area contributed by atoms with Gasteiger partial charge in [0, 0.05) is 31.6 Å². The Morgan fingerprint density at radius 3 is 2.24 bits per heavy atom. The average Bonchev–Trinajstić information content (AvgIpc) is 2.85. The molecule has 0 unspecified atom stereocenters. The van der Waals surface area contributed by atoms with Crippen molar-refractivity contribution in [3.63, 3.8) is 0 Å². The zero-order chi connectivity index (χ0) is 15.8. The number of hydrogen-bond acceptors (Lipinski definition) is 4. The van der Waals surface area contributed by atoms with Crippen molar-refractivity contribution >= 4 is 21.9 Å². The van der Waals surface area contributed by atoms with Gasteiger partial charge in [0.2, 0.25) is 15.9 Å². The van der Waals surface area contributed by atoms with E-state index in [9.17, 15) is 18.0 Å². The van der Waals surface area contributed by atoms with Crippen LogP contribution in [0.3, 0.4) is 0 Å². The van der Waals surface area contributed by atoms with Crippen molar-refractivity contribution in [2.24, 2.45) is 11.8 Å². The van der Waals surface area contributed by atoms with Crippen LogP contribution in [0.25, 0.3) is 0 Å². The first-order valence-electron chi connectivity index (χ1n) is 7.18. The molecule has 0 radical (unpaired) electrons. The highest BCUT2D eigenvalue weighted by atomic mass is 32.2. The largest absolute Gasteiger partial charge is 0.481 e. The lowest BCUT2D eigenvalue weighted by atomic mass is 10.0. The summed E-state index contributed by atoms with van der Waals surface area (Å²) in [4.78, 5) is 25.1. The SMILES string of the molecule is C[C@H]1CN(C(=O)[C@@H]2CC[C@H](C(=O)O)C2)CCN1S(C)(=O)=O. The van der Waals surface area contributed by atoms with Crippen LogP contribution >= 0.6 is 0 Å². The second kappa shape index (κ2) is 5.92. The minimum Gasteiger partial charge on any atom is -0.481 e. The topological polar surface area (TPSA) is 95.0 Å². The molecule has 0 spiro atoms. The van der Waals surface area contributed by atoms with Crippen LogP contribution in [0, 0.1) is 11.8 Å². The molecule has 3 atom stereocenters. The Hall–Kier alpha value is -1.15. The molecule has 2 fully saturated rings. The van der Waals surface area contributed by atoms with Gasteiger partial charge in [-0.15, -0.1) is 0 Å². The van der Waals surface area contributed by atoms with Crippen molar-refractivity contribution in [1.82, 2.24) is 9.21 Å². The van der Waals surface area contributed by atoms with Crippen molar-refractivity contribution in [3.05, 3.63) is 0 Å². The van der Waals surface area contributed by atoms with E-state index in [1.54, 1.807) is 11.8 Å². The highest BCUT2D eigenvalue weighted by Gasteiger charge is 2.38. The summed E-state index contributed by atoms with van der Waals surface area (Å²) in [6, 6.07) is -0.241. The van der Waals surface area contributed by atoms with Gasteiger partial charge in [0.05, 0.1) is 12.2 Å². The molecule has 1 saturated heterocycles. The molecule has 1 amide bonds. The highest BCUT2D eigenvalue weighted by molar-refractivity contribution is 7.88. The second-order valence-corrected chi connectivity index (χ2v) is 7.99. The van der Waals surface area contributed by atoms with Gasteiger partial charge in [0.15, 0.2) is 0 Å². The van der Waals surface area contributed by atoms with E-state index >= 15 is 0 Å². The van der Waals surface area contributed by atoms with E-state index < -0.39 is 21.9 Å². The Morgan fingerprint density at radius 2 is 1.76 bits per heavy atom. The first-order chi connectivity index (χ1) is 9.70. The Labute approximate surface area is 125 Å². The maximum Gasteiger partial charge on any atom is 0.306 e. The zero-order valence-corrected chi connectivity index (χ0v) is 13.2. The summed E-state index contributed by atoms with van der Waals surface area (Å²) in [5.74, 6) is -1.52. The predicted octanol–water partition coefficient (Wildman–Crippen LogP) is -0.0204. The summed E-state index contributed by atoms with van der Waals surface area (Å²) in [6.45, 7) is 2.85. The van der Waals surface area contributed by atoms with Crippen LogP contribution in [-0.2, 0) is 19.6 Å². The fraction of sp³-hybridized carbons (Fsp3) is 0.846. The third-order valence-corrected chi connectivity index (χ3v) is 5.83. The lowest BCUT2D eigenvalue weighted by Gasteiger charge is -2.39. The maximum atomic E-state index is 12.4. The van der Waals surface area contributed by atoms with E-state index in [4.69, 9.17) is 5.11 Å². The first kappa shape index (κ1) is 16.2. The summed E-state index contributed by atoms with van der Waals surface area (Å²) in [7, 11) is -3.25. The van der Waals surface area contributed by atoms with Crippen LogP contribution in [0.4, 0.5) is 0 Å². The number of carboxylic acid groups (broad SMARTS) is 1. The Bertz CT molecular complexity index is 533. The van der Waals surface area contributed by atoms with Crippen LogP contribution in [0.1, 0.15) is 26.2 Å². The number of rotatable bonds is 3. The number of piperazine rings is 1. The Kier molecular flexibility index (Phi) is 4.57. The Morgan fingerprint density at radius 1 is 1.14 bits per heavy atom. The van der Waals surface area contributed by atoms with E-state index in [-0.39, 0.29) is 17.9 Å². The predicted molar refractivity (Wildman–Crippen MR) is 76.1 cm³/mol. The lowest BCUT2D eigenvalue weighted by Crippen LogP contribution is -2.56. The Balaban J connectivity index is 1.96. The van der Waals surface area contributed by atoms with Gasteiger partial charge >= 0.3 is 5.97 Å². The molecule has 21 heavy (non-hydrogen) atoms. The summed E-state index contributed by atoms with van der Waals surface area (Å²) >= 11 is 0. The molecular formula is C13H22N2O5S. The number of sulfonamides is 1. The molecule has 7 nitrogen and oxygen atoms in total. The number of carbonyl (C=O) groups is 2. The molecule has 1 heterocycles. The highest BCUT2D eigenvalue weighted by Crippen LogP contribution is 2.32. The summed E-state index contributed by atoms with van der Waals surface area (Å²) in [5.41, 5.74) is 0. The molecule has 0 aromatic heterocycles. The van der Waals surface area contributed by atoms with E-state index in [0.29, 0.717) is 38.9 Å². The van der Waals surface area contributed by atoms with Crippen LogP contribution in [-0.4, -0.2) is 66.5 Å².